The highest BCUT2D eigenvalue weighted by Gasteiger charge is 2.34. The van der Waals surface area contributed by atoms with E-state index in [0.29, 0.717) is 37.7 Å². The van der Waals surface area contributed by atoms with Crippen molar-refractivity contribution in [2.75, 3.05) is 0 Å². The van der Waals surface area contributed by atoms with Gasteiger partial charge in [-0.05, 0) is 57.9 Å². The van der Waals surface area contributed by atoms with Gasteiger partial charge in [0.25, 0.3) is 0 Å². The highest BCUT2D eigenvalue weighted by atomic mass is 16.5. The predicted molar refractivity (Wildman–Crippen MR) is 168 cm³/mol. The lowest BCUT2D eigenvalue weighted by Gasteiger charge is -2.23. The van der Waals surface area contributed by atoms with Crippen LogP contribution in [0.2, 0.25) is 0 Å². The van der Waals surface area contributed by atoms with E-state index in [1.165, 1.54) is 70.6 Å². The van der Waals surface area contributed by atoms with Gasteiger partial charge in [-0.15, -0.1) is 0 Å². The van der Waals surface area contributed by atoms with E-state index in [0.717, 1.165) is 44.9 Å². The Morgan fingerprint density at radius 1 is 0.667 bits per heavy atom. The van der Waals surface area contributed by atoms with E-state index < -0.39 is 24.4 Å². The van der Waals surface area contributed by atoms with Gasteiger partial charge in [-0.1, -0.05) is 103 Å². The lowest BCUT2D eigenvalue weighted by Crippen LogP contribution is -2.31. The molecule has 0 saturated carbocycles. The number of esters is 1. The Balaban J connectivity index is 1.43. The number of aliphatic hydroxyl groups excluding tert-OH is 4. The van der Waals surface area contributed by atoms with E-state index >= 15 is 0 Å². The molecule has 42 heavy (non-hydrogen) atoms. The largest absolute Gasteiger partial charge is 0.455 e. The molecular weight excluding hydrogens is 532 g/mol. The zero-order valence-electron chi connectivity index (χ0n) is 26.9. The van der Waals surface area contributed by atoms with E-state index in [9.17, 15) is 25.2 Å². The van der Waals surface area contributed by atoms with Crippen LogP contribution in [0.25, 0.3) is 0 Å². The monoisotopic (exact) mass is 596 g/mol. The Hall–Kier alpha value is -0.990. The number of carbonyl (C=O) groups is 1. The van der Waals surface area contributed by atoms with Crippen LogP contribution in [0.3, 0.4) is 0 Å². The summed E-state index contributed by atoms with van der Waals surface area (Å²) >= 11 is 0. The Morgan fingerprint density at radius 3 is 1.69 bits per heavy atom. The van der Waals surface area contributed by atoms with Crippen molar-refractivity contribution in [3.05, 3.63) is 11.6 Å². The van der Waals surface area contributed by atoms with Crippen LogP contribution in [0.15, 0.2) is 11.6 Å². The van der Waals surface area contributed by atoms with Crippen LogP contribution in [0.4, 0.5) is 0 Å². The SMILES string of the molecule is CCCCCCCCCCCCCC[C@H](O)[C@H]1CC[C@H]([C@H](O)CC[C@H](O)CCCCC[C@@H](O)CC2=C[C@H](C)OC2=O)O1. The van der Waals surface area contributed by atoms with E-state index in [2.05, 4.69) is 6.92 Å². The summed E-state index contributed by atoms with van der Waals surface area (Å²) in [6, 6.07) is 0. The molecule has 0 spiro atoms. The molecule has 0 unspecified atom stereocenters. The van der Waals surface area contributed by atoms with Crippen LogP contribution in [0.1, 0.15) is 162 Å². The van der Waals surface area contributed by atoms with Gasteiger partial charge >= 0.3 is 5.97 Å². The minimum absolute atomic E-state index is 0.184. The molecule has 246 valence electrons. The summed E-state index contributed by atoms with van der Waals surface area (Å²) in [5.41, 5.74) is 0.565. The molecule has 0 radical (unpaired) electrons. The second kappa shape index (κ2) is 22.5. The molecule has 4 N–H and O–H groups in total. The van der Waals surface area contributed by atoms with Gasteiger partial charge in [0.15, 0.2) is 0 Å². The van der Waals surface area contributed by atoms with Crippen LogP contribution >= 0.6 is 0 Å². The fraction of sp³-hybridized carbons (Fsp3) is 0.914. The average molecular weight is 597 g/mol. The number of aliphatic hydroxyl groups is 4. The van der Waals surface area contributed by atoms with Crippen LogP contribution in [-0.4, -0.2) is 69.1 Å². The van der Waals surface area contributed by atoms with Crippen molar-refractivity contribution in [3.63, 3.8) is 0 Å². The fourth-order valence-electron chi connectivity index (χ4n) is 6.40. The highest BCUT2D eigenvalue weighted by molar-refractivity contribution is 5.90. The second-order valence-electron chi connectivity index (χ2n) is 13.1. The van der Waals surface area contributed by atoms with Crippen LogP contribution in [0, 0.1) is 0 Å². The first-order valence-corrected chi connectivity index (χ1v) is 17.6. The van der Waals surface area contributed by atoms with Crippen LogP contribution in [0.5, 0.6) is 0 Å². The smallest absolute Gasteiger partial charge is 0.334 e. The van der Waals surface area contributed by atoms with Crippen molar-refractivity contribution in [2.45, 2.75) is 204 Å². The zero-order valence-corrected chi connectivity index (χ0v) is 26.9. The van der Waals surface area contributed by atoms with Crippen molar-refractivity contribution < 1.29 is 34.7 Å². The number of unbranched alkanes of at least 4 members (excludes halogenated alkanes) is 13. The topological polar surface area (TPSA) is 116 Å². The average Bonchev–Trinajstić information content (AvgIpc) is 3.58. The van der Waals surface area contributed by atoms with E-state index in [1.807, 2.05) is 6.92 Å². The zero-order chi connectivity index (χ0) is 30.6. The molecule has 0 aromatic carbocycles. The van der Waals surface area contributed by atoms with E-state index in [4.69, 9.17) is 9.47 Å². The van der Waals surface area contributed by atoms with Crippen molar-refractivity contribution in [3.8, 4) is 0 Å². The standard InChI is InChI=1S/C35H64O7/c1-3-4-5-6-7-8-9-10-11-12-13-17-20-31(38)33-23-24-34(42-33)32(39)22-21-29(36)18-15-14-16-19-30(37)26-28-25-27(2)41-35(28)40/h25,27,29-34,36-39H,3-24,26H2,1-2H3/t27-,29+,30+,31-,32+,33+,34+/m0/s1. The number of hydrogen-bond donors (Lipinski definition) is 4. The molecule has 1 fully saturated rings. The first kappa shape index (κ1) is 37.2. The number of rotatable bonds is 26. The van der Waals surface area contributed by atoms with Crippen molar-refractivity contribution in [2.24, 2.45) is 0 Å². The maximum Gasteiger partial charge on any atom is 0.334 e. The number of carbonyl (C=O) groups excluding carboxylic acids is 1. The van der Waals surface area contributed by atoms with Gasteiger partial charge in [0, 0.05) is 12.0 Å². The summed E-state index contributed by atoms with van der Waals surface area (Å²) in [6.07, 6.45) is 22.3. The fourth-order valence-corrected chi connectivity index (χ4v) is 6.40. The first-order valence-electron chi connectivity index (χ1n) is 17.6. The third-order valence-electron chi connectivity index (χ3n) is 9.11. The Labute approximate surface area is 256 Å². The predicted octanol–water partition coefficient (Wildman–Crippen LogP) is 7.06. The maximum atomic E-state index is 11.7. The molecule has 2 aliphatic heterocycles. The lowest BCUT2D eigenvalue weighted by molar-refractivity contribution is -0.139. The molecule has 2 heterocycles. The Bertz CT molecular complexity index is 726. The molecular formula is C35H64O7. The summed E-state index contributed by atoms with van der Waals surface area (Å²) in [7, 11) is 0. The minimum atomic E-state index is -0.613. The van der Waals surface area contributed by atoms with Gasteiger partial charge in [0.1, 0.15) is 6.10 Å². The first-order chi connectivity index (χ1) is 20.3. The van der Waals surface area contributed by atoms with Gasteiger partial charge in [-0.2, -0.15) is 0 Å². The normalized spacial score (nSPS) is 23.5. The minimum Gasteiger partial charge on any atom is -0.455 e. The molecule has 0 aromatic rings. The molecule has 0 aromatic heterocycles. The molecule has 0 aliphatic carbocycles. The number of hydrogen-bond acceptors (Lipinski definition) is 7. The van der Waals surface area contributed by atoms with E-state index in [1.54, 1.807) is 6.08 Å². The summed E-state index contributed by atoms with van der Waals surface area (Å²) in [4.78, 5) is 11.7. The quantitative estimate of drug-likeness (QED) is 0.0624. The summed E-state index contributed by atoms with van der Waals surface area (Å²) in [5.74, 6) is -0.323. The van der Waals surface area contributed by atoms with Gasteiger partial charge in [0.2, 0.25) is 0 Å². The van der Waals surface area contributed by atoms with Crippen molar-refractivity contribution in [1.29, 1.82) is 0 Å². The molecule has 0 amide bonds. The van der Waals surface area contributed by atoms with Gasteiger partial charge in [-0.25, -0.2) is 4.79 Å². The van der Waals surface area contributed by atoms with E-state index in [-0.39, 0.29) is 24.3 Å². The summed E-state index contributed by atoms with van der Waals surface area (Å²) < 4.78 is 11.1. The summed E-state index contributed by atoms with van der Waals surface area (Å²) in [5, 5.41) is 41.8. The third-order valence-corrected chi connectivity index (χ3v) is 9.11. The van der Waals surface area contributed by atoms with Crippen LogP contribution < -0.4 is 0 Å². The molecule has 7 atom stereocenters. The molecule has 0 bridgehead atoms. The van der Waals surface area contributed by atoms with Crippen molar-refractivity contribution >= 4 is 5.97 Å². The maximum absolute atomic E-state index is 11.7. The van der Waals surface area contributed by atoms with Crippen molar-refractivity contribution in [1.82, 2.24) is 0 Å². The van der Waals surface area contributed by atoms with Crippen LogP contribution in [-0.2, 0) is 14.3 Å². The van der Waals surface area contributed by atoms with Gasteiger partial charge in [-0.3, -0.25) is 0 Å². The third kappa shape index (κ3) is 16.2. The highest BCUT2D eigenvalue weighted by Crippen LogP contribution is 2.28. The number of cyclic esters (lactones) is 1. The Morgan fingerprint density at radius 2 is 1.14 bits per heavy atom. The second-order valence-corrected chi connectivity index (χ2v) is 13.1. The van der Waals surface area contributed by atoms with Gasteiger partial charge < -0.3 is 29.9 Å². The lowest BCUT2D eigenvalue weighted by atomic mass is 9.98. The van der Waals surface area contributed by atoms with Gasteiger partial charge in [0.05, 0.1) is 36.6 Å². The molecule has 7 nitrogen and oxygen atoms in total. The molecule has 7 heteroatoms. The molecule has 2 aliphatic rings. The number of ether oxygens (including phenoxy) is 2. The summed E-state index contributed by atoms with van der Waals surface area (Å²) in [6.45, 7) is 4.07. The Kier molecular flexibility index (Phi) is 19.9. The molecule has 2 rings (SSSR count). The molecule has 1 saturated heterocycles.